The fourth-order valence-corrected chi connectivity index (χ4v) is 3.83. The summed E-state index contributed by atoms with van der Waals surface area (Å²) in [5, 5.41) is 0. The fraction of sp³-hybridized carbons (Fsp3) is 0.192. The number of carbonyl (C=O) groups is 2. The number of carbonyl (C=O) groups excluding carboxylic acids is 2. The third kappa shape index (κ3) is 5.58. The molecular weight excluding hydrogens is 437 g/mol. The molecule has 0 radical (unpaired) electrons. The van der Waals surface area contributed by atoms with E-state index in [-0.39, 0.29) is 29.0 Å². The number of halogens is 1. The second-order valence-electron chi connectivity index (χ2n) is 8.02. The summed E-state index contributed by atoms with van der Waals surface area (Å²) >= 11 is 0. The number of ether oxygens (including phenoxy) is 2. The predicted octanol–water partition coefficient (Wildman–Crippen LogP) is 4.88. The van der Waals surface area contributed by atoms with Gasteiger partial charge in [-0.05, 0) is 60.9 Å². The first-order valence-corrected chi connectivity index (χ1v) is 10.8. The van der Waals surface area contributed by atoms with Crippen molar-refractivity contribution in [3.8, 4) is 23.1 Å². The number of nitrogens with zero attached hydrogens (tertiary/aromatic N) is 2. The first-order valence-electron chi connectivity index (χ1n) is 10.8. The Balaban J connectivity index is 1.45. The van der Waals surface area contributed by atoms with Crippen molar-refractivity contribution in [2.24, 2.45) is 11.7 Å². The molecular formula is C26H24FN3O4. The van der Waals surface area contributed by atoms with Crippen LogP contribution in [-0.4, -0.2) is 29.8 Å². The Hall–Kier alpha value is -4.20. The van der Waals surface area contributed by atoms with Crippen molar-refractivity contribution in [3.05, 3.63) is 84.8 Å². The van der Waals surface area contributed by atoms with Crippen LogP contribution in [-0.2, 0) is 4.79 Å². The average Bonchev–Trinajstić information content (AvgIpc) is 3.29. The number of ketones is 1. The summed E-state index contributed by atoms with van der Waals surface area (Å²) < 4.78 is 24.7. The van der Waals surface area contributed by atoms with Gasteiger partial charge in [-0.25, -0.2) is 9.37 Å². The minimum atomic E-state index is -0.659. The summed E-state index contributed by atoms with van der Waals surface area (Å²) in [5.41, 5.74) is 6.49. The molecule has 2 N–H and O–H groups in total. The molecule has 1 saturated heterocycles. The highest BCUT2D eigenvalue weighted by Gasteiger charge is 2.25. The highest BCUT2D eigenvalue weighted by molar-refractivity contribution is 5.96. The van der Waals surface area contributed by atoms with E-state index in [0.717, 1.165) is 18.7 Å². The molecule has 1 amide bonds. The summed E-state index contributed by atoms with van der Waals surface area (Å²) in [6.45, 7) is 4.96. The van der Waals surface area contributed by atoms with Crippen LogP contribution >= 0.6 is 0 Å². The molecule has 7 nitrogen and oxygen atoms in total. The van der Waals surface area contributed by atoms with Crippen molar-refractivity contribution in [2.45, 2.75) is 12.8 Å². The quantitative estimate of drug-likeness (QED) is 0.457. The molecule has 0 saturated carbocycles. The first kappa shape index (κ1) is 23.0. The molecule has 1 fully saturated rings. The zero-order valence-corrected chi connectivity index (χ0v) is 18.4. The number of allylic oxidation sites excluding steroid dienone is 1. The van der Waals surface area contributed by atoms with E-state index in [9.17, 15) is 14.0 Å². The SMILES string of the molecule is C=CC(=O)CC1CCN(c2cnc(Oc3ccc(Oc4cccc(F)c4)cc3)c(C(N)=O)c2)C1. The second-order valence-corrected chi connectivity index (χ2v) is 8.02. The molecule has 174 valence electrons. The Morgan fingerprint density at radius 2 is 1.85 bits per heavy atom. The second kappa shape index (κ2) is 10.2. The van der Waals surface area contributed by atoms with Gasteiger partial charge in [-0.2, -0.15) is 0 Å². The van der Waals surface area contributed by atoms with Crippen molar-refractivity contribution in [2.75, 3.05) is 18.0 Å². The van der Waals surface area contributed by atoms with Gasteiger partial charge in [0.1, 0.15) is 28.6 Å². The Morgan fingerprint density at radius 1 is 1.12 bits per heavy atom. The van der Waals surface area contributed by atoms with Crippen LogP contribution in [0.15, 0.2) is 73.4 Å². The zero-order valence-electron chi connectivity index (χ0n) is 18.4. The van der Waals surface area contributed by atoms with E-state index in [0.29, 0.717) is 30.2 Å². The number of aromatic nitrogens is 1. The molecule has 4 rings (SSSR count). The van der Waals surface area contributed by atoms with Gasteiger partial charge in [-0.1, -0.05) is 12.6 Å². The maximum atomic E-state index is 13.3. The Labute approximate surface area is 196 Å². The molecule has 2 heterocycles. The van der Waals surface area contributed by atoms with Crippen LogP contribution in [0.5, 0.6) is 23.1 Å². The van der Waals surface area contributed by atoms with Crippen LogP contribution in [0.4, 0.5) is 10.1 Å². The van der Waals surface area contributed by atoms with Crippen molar-refractivity contribution < 1.29 is 23.5 Å². The van der Waals surface area contributed by atoms with E-state index in [4.69, 9.17) is 15.2 Å². The molecule has 1 aliphatic heterocycles. The smallest absolute Gasteiger partial charge is 0.254 e. The van der Waals surface area contributed by atoms with E-state index in [1.54, 1.807) is 48.7 Å². The molecule has 8 heteroatoms. The molecule has 0 spiro atoms. The van der Waals surface area contributed by atoms with Crippen LogP contribution in [0.2, 0.25) is 0 Å². The van der Waals surface area contributed by atoms with Gasteiger partial charge in [0, 0.05) is 25.6 Å². The lowest BCUT2D eigenvalue weighted by molar-refractivity contribution is -0.115. The Bertz CT molecular complexity index is 1210. The van der Waals surface area contributed by atoms with Crippen molar-refractivity contribution in [3.63, 3.8) is 0 Å². The van der Waals surface area contributed by atoms with E-state index in [2.05, 4.69) is 16.5 Å². The van der Waals surface area contributed by atoms with Gasteiger partial charge in [0.25, 0.3) is 5.91 Å². The fourth-order valence-electron chi connectivity index (χ4n) is 3.83. The molecule has 0 bridgehead atoms. The number of benzene rings is 2. The third-order valence-corrected chi connectivity index (χ3v) is 5.54. The molecule has 0 aliphatic carbocycles. The topological polar surface area (TPSA) is 94.8 Å². The number of hydrogen-bond donors (Lipinski definition) is 1. The summed E-state index contributed by atoms with van der Waals surface area (Å²) in [7, 11) is 0. The van der Waals surface area contributed by atoms with Crippen LogP contribution in [0, 0.1) is 11.7 Å². The van der Waals surface area contributed by atoms with Crippen molar-refractivity contribution in [1.29, 1.82) is 0 Å². The van der Waals surface area contributed by atoms with Crippen LogP contribution in [0.3, 0.4) is 0 Å². The first-order chi connectivity index (χ1) is 16.4. The number of rotatable bonds is 9. The minimum absolute atomic E-state index is 0.0268. The standard InChI is InChI=1S/C26H24FN3O4/c1-2-20(31)12-17-10-11-30(16-17)19-14-24(25(28)32)26(29-15-19)34-22-8-6-21(7-9-22)33-23-5-3-4-18(27)13-23/h2-9,13-15,17H,1,10-12,16H2,(H2,28,32). The molecule has 1 atom stereocenters. The van der Waals surface area contributed by atoms with Crippen LogP contribution < -0.4 is 20.1 Å². The number of amides is 1. The van der Waals surface area contributed by atoms with Gasteiger partial charge in [-0.15, -0.1) is 0 Å². The van der Waals surface area contributed by atoms with E-state index >= 15 is 0 Å². The molecule has 34 heavy (non-hydrogen) atoms. The number of nitrogens with two attached hydrogens (primary N) is 1. The van der Waals surface area contributed by atoms with E-state index < -0.39 is 5.91 Å². The predicted molar refractivity (Wildman–Crippen MR) is 126 cm³/mol. The largest absolute Gasteiger partial charge is 0.457 e. The maximum Gasteiger partial charge on any atom is 0.254 e. The van der Waals surface area contributed by atoms with Gasteiger partial charge < -0.3 is 20.1 Å². The number of anilines is 1. The van der Waals surface area contributed by atoms with E-state index in [1.165, 1.54) is 18.2 Å². The molecule has 1 aliphatic rings. The van der Waals surface area contributed by atoms with Gasteiger partial charge in [0.05, 0.1) is 11.9 Å². The average molecular weight is 461 g/mol. The van der Waals surface area contributed by atoms with Crippen LogP contribution in [0.1, 0.15) is 23.2 Å². The Kier molecular flexibility index (Phi) is 6.87. The van der Waals surface area contributed by atoms with Crippen LogP contribution in [0.25, 0.3) is 0 Å². The number of primary amides is 1. The maximum absolute atomic E-state index is 13.3. The minimum Gasteiger partial charge on any atom is -0.457 e. The highest BCUT2D eigenvalue weighted by atomic mass is 19.1. The summed E-state index contributed by atoms with van der Waals surface area (Å²) in [5.74, 6) is 0.597. The number of hydrogen-bond acceptors (Lipinski definition) is 6. The molecule has 1 unspecified atom stereocenters. The third-order valence-electron chi connectivity index (χ3n) is 5.54. The number of pyridine rings is 1. The lowest BCUT2D eigenvalue weighted by atomic mass is 10.0. The lowest BCUT2D eigenvalue weighted by Gasteiger charge is -2.19. The highest BCUT2D eigenvalue weighted by Crippen LogP contribution is 2.31. The normalized spacial score (nSPS) is 15.1. The molecule has 3 aromatic rings. The summed E-state index contributed by atoms with van der Waals surface area (Å²) in [6, 6.07) is 14.1. The molecule has 2 aromatic carbocycles. The van der Waals surface area contributed by atoms with Crippen molar-refractivity contribution in [1.82, 2.24) is 4.98 Å². The van der Waals surface area contributed by atoms with Gasteiger partial charge in [0.2, 0.25) is 5.88 Å². The molecule has 1 aromatic heterocycles. The van der Waals surface area contributed by atoms with Gasteiger partial charge >= 0.3 is 0 Å². The Morgan fingerprint density at radius 3 is 2.53 bits per heavy atom. The van der Waals surface area contributed by atoms with Gasteiger partial charge in [-0.3, -0.25) is 9.59 Å². The summed E-state index contributed by atoms with van der Waals surface area (Å²) in [6.07, 6.45) is 4.30. The van der Waals surface area contributed by atoms with E-state index in [1.807, 2.05) is 0 Å². The van der Waals surface area contributed by atoms with Gasteiger partial charge in [0.15, 0.2) is 5.78 Å². The zero-order chi connectivity index (χ0) is 24.1. The van der Waals surface area contributed by atoms with Crippen molar-refractivity contribution >= 4 is 17.4 Å². The monoisotopic (exact) mass is 461 g/mol. The summed E-state index contributed by atoms with van der Waals surface area (Å²) in [4.78, 5) is 30.1. The lowest BCUT2D eigenvalue weighted by Crippen LogP contribution is -2.22.